The highest BCUT2D eigenvalue weighted by Crippen LogP contribution is 2.31. The first kappa shape index (κ1) is 25.2. The fraction of sp³-hybridized carbons (Fsp3) is 0.308. The van der Waals surface area contributed by atoms with E-state index in [0.717, 1.165) is 0 Å². The van der Waals surface area contributed by atoms with Crippen LogP contribution in [0.2, 0.25) is 5.02 Å². The van der Waals surface area contributed by atoms with E-state index in [1.807, 2.05) is 20.8 Å². The minimum Gasteiger partial charge on any atom is -0.493 e. The van der Waals surface area contributed by atoms with Crippen molar-refractivity contribution in [1.82, 2.24) is 10.2 Å². The van der Waals surface area contributed by atoms with Gasteiger partial charge in [0.15, 0.2) is 11.5 Å². The van der Waals surface area contributed by atoms with Crippen LogP contribution in [-0.4, -0.2) is 36.5 Å². The van der Waals surface area contributed by atoms with Crippen LogP contribution in [0.25, 0.3) is 0 Å². The third-order valence-electron chi connectivity index (χ3n) is 5.04. The Bertz CT molecular complexity index is 1120. The number of nitrogens with zero attached hydrogens (tertiary/aromatic N) is 1. The van der Waals surface area contributed by atoms with E-state index < -0.39 is 11.6 Å². The van der Waals surface area contributed by atoms with Crippen LogP contribution >= 0.6 is 11.6 Å². The van der Waals surface area contributed by atoms with Gasteiger partial charge in [-0.15, -0.1) is 0 Å². The Morgan fingerprint density at radius 3 is 2.26 bits per heavy atom. The van der Waals surface area contributed by atoms with Gasteiger partial charge >= 0.3 is 0 Å². The van der Waals surface area contributed by atoms with Crippen molar-refractivity contribution in [3.05, 3.63) is 82.8 Å². The van der Waals surface area contributed by atoms with Crippen LogP contribution in [0.15, 0.2) is 65.3 Å². The SMILES string of the molecule is COc1ccc(C(=O)N(Cc2ccco2)[C@@H](C(=O)NC(C)(C)C)c2ccc(Cl)cc2)cc1OC. The molecule has 0 saturated heterocycles. The topological polar surface area (TPSA) is 81.0 Å². The van der Waals surface area contributed by atoms with Crippen LogP contribution in [0.3, 0.4) is 0 Å². The van der Waals surface area contributed by atoms with Gasteiger partial charge in [0.1, 0.15) is 11.8 Å². The zero-order chi connectivity index (χ0) is 24.9. The molecule has 0 spiro atoms. The van der Waals surface area contributed by atoms with Crippen LogP contribution in [0.1, 0.15) is 48.5 Å². The lowest BCUT2D eigenvalue weighted by molar-refractivity contribution is -0.127. The molecule has 1 atom stereocenters. The average molecular weight is 485 g/mol. The molecule has 8 heteroatoms. The van der Waals surface area contributed by atoms with Crippen LogP contribution in [0, 0.1) is 0 Å². The number of hydrogen-bond acceptors (Lipinski definition) is 5. The lowest BCUT2D eigenvalue weighted by Crippen LogP contribution is -2.49. The van der Waals surface area contributed by atoms with Crippen LogP contribution in [0.5, 0.6) is 11.5 Å². The maximum atomic E-state index is 13.9. The van der Waals surface area contributed by atoms with Crippen LogP contribution < -0.4 is 14.8 Å². The maximum absolute atomic E-state index is 13.9. The highest BCUT2D eigenvalue weighted by Gasteiger charge is 2.34. The average Bonchev–Trinajstić information content (AvgIpc) is 3.31. The first-order chi connectivity index (χ1) is 16.1. The first-order valence-corrected chi connectivity index (χ1v) is 11.1. The van der Waals surface area contributed by atoms with Crippen molar-refractivity contribution in [2.24, 2.45) is 0 Å². The molecule has 0 fully saturated rings. The standard InChI is InChI=1S/C26H29ClN2O5/c1-26(2,3)28-24(30)23(17-8-11-19(27)12-9-17)29(16-20-7-6-14-34-20)25(31)18-10-13-21(32-4)22(15-18)33-5/h6-15,23H,16H2,1-5H3,(H,28,30)/t23-/m1/s1. The predicted octanol–water partition coefficient (Wildman–Crippen LogP) is 5.25. The van der Waals surface area contributed by atoms with E-state index in [1.54, 1.807) is 54.6 Å². The van der Waals surface area contributed by atoms with E-state index in [4.69, 9.17) is 25.5 Å². The number of rotatable bonds is 8. The Hall–Kier alpha value is -3.45. The number of methoxy groups -OCH3 is 2. The van der Waals surface area contributed by atoms with Gasteiger partial charge in [-0.3, -0.25) is 9.59 Å². The monoisotopic (exact) mass is 484 g/mol. The molecule has 1 heterocycles. The number of carbonyl (C=O) groups excluding carboxylic acids is 2. The summed E-state index contributed by atoms with van der Waals surface area (Å²) in [5.41, 5.74) is 0.447. The fourth-order valence-electron chi connectivity index (χ4n) is 3.54. The predicted molar refractivity (Wildman–Crippen MR) is 130 cm³/mol. The number of furan rings is 1. The number of hydrogen-bond donors (Lipinski definition) is 1. The summed E-state index contributed by atoms with van der Waals surface area (Å²) in [5.74, 6) is 0.748. The Morgan fingerprint density at radius 1 is 1.03 bits per heavy atom. The maximum Gasteiger partial charge on any atom is 0.255 e. The zero-order valence-corrected chi connectivity index (χ0v) is 20.7. The smallest absolute Gasteiger partial charge is 0.255 e. The highest BCUT2D eigenvalue weighted by atomic mass is 35.5. The molecule has 2 aromatic carbocycles. The van der Waals surface area contributed by atoms with Crippen molar-refractivity contribution in [3.8, 4) is 11.5 Å². The first-order valence-electron chi connectivity index (χ1n) is 10.8. The number of nitrogens with one attached hydrogen (secondary N) is 1. The number of carbonyl (C=O) groups is 2. The van der Waals surface area contributed by atoms with Crippen molar-refractivity contribution in [2.45, 2.75) is 38.9 Å². The minimum absolute atomic E-state index is 0.0744. The third-order valence-corrected chi connectivity index (χ3v) is 5.29. The molecule has 0 aliphatic heterocycles. The molecule has 7 nitrogen and oxygen atoms in total. The largest absolute Gasteiger partial charge is 0.493 e. The van der Waals surface area contributed by atoms with E-state index in [1.165, 1.54) is 25.4 Å². The molecular formula is C26H29ClN2O5. The number of halogens is 1. The van der Waals surface area contributed by atoms with Gasteiger partial charge in [-0.1, -0.05) is 23.7 Å². The number of amides is 2. The van der Waals surface area contributed by atoms with Gasteiger partial charge < -0.3 is 24.1 Å². The van der Waals surface area contributed by atoms with Gasteiger partial charge in [-0.2, -0.15) is 0 Å². The molecular weight excluding hydrogens is 456 g/mol. The third kappa shape index (κ3) is 6.11. The lowest BCUT2D eigenvalue weighted by atomic mass is 10.0. The van der Waals surface area contributed by atoms with E-state index in [0.29, 0.717) is 33.4 Å². The van der Waals surface area contributed by atoms with Crippen molar-refractivity contribution >= 4 is 23.4 Å². The summed E-state index contributed by atoms with van der Waals surface area (Å²) >= 11 is 6.10. The van der Waals surface area contributed by atoms with Gasteiger partial charge in [0.2, 0.25) is 5.91 Å². The summed E-state index contributed by atoms with van der Waals surface area (Å²) in [6, 6.07) is 14.3. The minimum atomic E-state index is -0.942. The second-order valence-corrected chi connectivity index (χ2v) is 9.21. The van der Waals surface area contributed by atoms with Gasteiger partial charge in [0.25, 0.3) is 5.91 Å². The fourth-order valence-corrected chi connectivity index (χ4v) is 3.67. The number of benzene rings is 2. The number of ether oxygens (including phenoxy) is 2. The lowest BCUT2D eigenvalue weighted by Gasteiger charge is -2.33. The second kappa shape index (κ2) is 10.7. The summed E-state index contributed by atoms with van der Waals surface area (Å²) in [4.78, 5) is 28.9. The normalized spacial score (nSPS) is 12.1. The Kier molecular flexibility index (Phi) is 7.89. The van der Waals surface area contributed by atoms with Crippen molar-refractivity contribution in [3.63, 3.8) is 0 Å². The van der Waals surface area contributed by atoms with Gasteiger partial charge in [0, 0.05) is 16.1 Å². The molecule has 0 saturated carbocycles. The molecule has 0 aliphatic carbocycles. The molecule has 0 radical (unpaired) electrons. The molecule has 0 bridgehead atoms. The second-order valence-electron chi connectivity index (χ2n) is 8.78. The molecule has 34 heavy (non-hydrogen) atoms. The highest BCUT2D eigenvalue weighted by molar-refractivity contribution is 6.30. The van der Waals surface area contributed by atoms with Gasteiger partial charge in [-0.25, -0.2) is 0 Å². The Morgan fingerprint density at radius 2 is 1.71 bits per heavy atom. The molecule has 0 unspecified atom stereocenters. The molecule has 0 aliphatic rings. The van der Waals surface area contributed by atoms with Crippen LogP contribution in [-0.2, 0) is 11.3 Å². The van der Waals surface area contributed by atoms with Gasteiger partial charge in [0.05, 0.1) is 27.0 Å². The van der Waals surface area contributed by atoms with Crippen LogP contribution in [0.4, 0.5) is 0 Å². The van der Waals surface area contributed by atoms with Crippen molar-refractivity contribution in [2.75, 3.05) is 14.2 Å². The molecule has 2 amide bonds. The molecule has 1 aromatic heterocycles. The molecule has 180 valence electrons. The Balaban J connectivity index is 2.11. The summed E-state index contributed by atoms with van der Waals surface area (Å²) in [6.45, 7) is 5.73. The van der Waals surface area contributed by atoms with Gasteiger partial charge in [-0.05, 0) is 68.8 Å². The van der Waals surface area contributed by atoms with E-state index >= 15 is 0 Å². The zero-order valence-electron chi connectivity index (χ0n) is 19.9. The Labute approximate surface area is 204 Å². The van der Waals surface area contributed by atoms with E-state index in [2.05, 4.69) is 5.32 Å². The van der Waals surface area contributed by atoms with Crippen molar-refractivity contribution in [1.29, 1.82) is 0 Å². The summed E-state index contributed by atoms with van der Waals surface area (Å²) in [5, 5.41) is 3.53. The quantitative estimate of drug-likeness (QED) is 0.472. The molecule has 1 N–H and O–H groups in total. The van der Waals surface area contributed by atoms with E-state index in [-0.39, 0.29) is 18.4 Å². The van der Waals surface area contributed by atoms with Crippen molar-refractivity contribution < 1.29 is 23.5 Å². The summed E-state index contributed by atoms with van der Waals surface area (Å²) in [6.07, 6.45) is 1.53. The summed E-state index contributed by atoms with van der Waals surface area (Å²) in [7, 11) is 3.02. The molecule has 3 rings (SSSR count). The molecule has 3 aromatic rings. The van der Waals surface area contributed by atoms with E-state index in [9.17, 15) is 9.59 Å². The summed E-state index contributed by atoms with van der Waals surface area (Å²) < 4.78 is 16.2.